The molecular weight excluding hydrogens is 336 g/mol. The second-order valence-corrected chi connectivity index (χ2v) is 6.71. The van der Waals surface area contributed by atoms with E-state index in [0.29, 0.717) is 11.1 Å². The van der Waals surface area contributed by atoms with Crippen molar-refractivity contribution in [2.75, 3.05) is 0 Å². The van der Waals surface area contributed by atoms with E-state index in [2.05, 4.69) is 53.8 Å². The summed E-state index contributed by atoms with van der Waals surface area (Å²) in [4.78, 5) is 9.21. The van der Waals surface area contributed by atoms with Gasteiger partial charge in [0.15, 0.2) is 5.82 Å². The van der Waals surface area contributed by atoms with Crippen molar-refractivity contribution in [3.05, 3.63) is 44.1 Å². The first-order valence-electron chi connectivity index (χ1n) is 6.78. The summed E-state index contributed by atoms with van der Waals surface area (Å²) < 4.78 is 0.854. The number of hydrogen-bond acceptors (Lipinski definition) is 2. The fourth-order valence-electron chi connectivity index (χ4n) is 2.39. The van der Waals surface area contributed by atoms with Crippen LogP contribution in [0, 0.1) is 20.8 Å². The second-order valence-electron chi connectivity index (χ2n) is 5.56. The van der Waals surface area contributed by atoms with Gasteiger partial charge in [-0.3, -0.25) is 0 Å². The largest absolute Gasteiger partial charge is 0.231 e. The van der Waals surface area contributed by atoms with E-state index in [1.165, 1.54) is 29.5 Å². The Kier molecular flexibility index (Phi) is 3.59. The van der Waals surface area contributed by atoms with Crippen LogP contribution in [0.2, 0.25) is 5.15 Å². The van der Waals surface area contributed by atoms with Crippen LogP contribution in [0.25, 0.3) is 11.4 Å². The molecule has 0 radical (unpaired) electrons. The Hall–Kier alpha value is -0.930. The summed E-state index contributed by atoms with van der Waals surface area (Å²) in [6.07, 6.45) is 2.38. The smallest absolute Gasteiger partial charge is 0.161 e. The molecule has 1 aromatic heterocycles. The highest BCUT2D eigenvalue weighted by atomic mass is 79.9. The zero-order valence-electron chi connectivity index (χ0n) is 11.8. The van der Waals surface area contributed by atoms with E-state index in [1.807, 2.05) is 0 Å². The molecular formula is C16H16BrClN2. The lowest BCUT2D eigenvalue weighted by Gasteiger charge is -2.11. The SMILES string of the molecule is Cc1cc(C)c(-c2nc(Cl)c(Br)c(C3CC3)n2)cc1C. The van der Waals surface area contributed by atoms with Gasteiger partial charge in [-0.25, -0.2) is 9.97 Å². The highest BCUT2D eigenvalue weighted by molar-refractivity contribution is 9.10. The average Bonchev–Trinajstić information content (AvgIpc) is 3.21. The predicted octanol–water partition coefficient (Wildman–Crippen LogP) is 5.36. The minimum Gasteiger partial charge on any atom is -0.231 e. The average molecular weight is 352 g/mol. The van der Waals surface area contributed by atoms with Crippen LogP contribution >= 0.6 is 27.5 Å². The molecule has 0 saturated heterocycles. The van der Waals surface area contributed by atoms with Crippen molar-refractivity contribution >= 4 is 27.5 Å². The fraction of sp³-hybridized carbons (Fsp3) is 0.375. The van der Waals surface area contributed by atoms with Gasteiger partial charge in [-0.1, -0.05) is 17.7 Å². The molecule has 104 valence electrons. The van der Waals surface area contributed by atoms with Gasteiger partial charge in [0.1, 0.15) is 5.15 Å². The van der Waals surface area contributed by atoms with E-state index in [4.69, 9.17) is 16.6 Å². The van der Waals surface area contributed by atoms with Crippen LogP contribution in [0.1, 0.15) is 41.1 Å². The standard InChI is InChI=1S/C16H16BrClN2/c1-8-6-10(3)12(7-9(8)2)16-19-14(11-4-5-11)13(17)15(18)20-16/h6-7,11H,4-5H2,1-3H3. The molecule has 0 aliphatic heterocycles. The number of rotatable bonds is 2. The fourth-order valence-corrected chi connectivity index (χ4v) is 3.06. The Morgan fingerprint density at radius 2 is 1.70 bits per heavy atom. The van der Waals surface area contributed by atoms with Crippen molar-refractivity contribution in [3.8, 4) is 11.4 Å². The highest BCUT2D eigenvalue weighted by Crippen LogP contribution is 2.44. The summed E-state index contributed by atoms with van der Waals surface area (Å²) in [5, 5.41) is 0.509. The molecule has 2 aromatic rings. The zero-order valence-corrected chi connectivity index (χ0v) is 14.1. The first kappa shape index (κ1) is 14.0. The lowest BCUT2D eigenvalue weighted by atomic mass is 10.0. The number of nitrogens with zero attached hydrogens (tertiary/aromatic N) is 2. The van der Waals surface area contributed by atoms with Crippen LogP contribution in [-0.4, -0.2) is 9.97 Å². The Morgan fingerprint density at radius 1 is 1.05 bits per heavy atom. The van der Waals surface area contributed by atoms with Crippen molar-refractivity contribution < 1.29 is 0 Å². The van der Waals surface area contributed by atoms with Gasteiger partial charge >= 0.3 is 0 Å². The van der Waals surface area contributed by atoms with Crippen molar-refractivity contribution in [2.45, 2.75) is 39.5 Å². The monoisotopic (exact) mass is 350 g/mol. The van der Waals surface area contributed by atoms with Crippen molar-refractivity contribution in [3.63, 3.8) is 0 Å². The van der Waals surface area contributed by atoms with Crippen LogP contribution in [-0.2, 0) is 0 Å². The predicted molar refractivity (Wildman–Crippen MR) is 86.4 cm³/mol. The minimum atomic E-state index is 0.509. The maximum Gasteiger partial charge on any atom is 0.161 e. The summed E-state index contributed by atoms with van der Waals surface area (Å²) in [5.41, 5.74) is 5.85. The van der Waals surface area contributed by atoms with Crippen molar-refractivity contribution in [1.82, 2.24) is 9.97 Å². The third kappa shape index (κ3) is 2.49. The molecule has 0 spiro atoms. The van der Waals surface area contributed by atoms with Crippen LogP contribution in [0.3, 0.4) is 0 Å². The van der Waals surface area contributed by atoms with E-state index in [1.54, 1.807) is 0 Å². The molecule has 1 aliphatic rings. The maximum atomic E-state index is 6.27. The van der Waals surface area contributed by atoms with Crippen molar-refractivity contribution in [2.24, 2.45) is 0 Å². The summed E-state index contributed by atoms with van der Waals surface area (Å²) in [6.45, 7) is 6.33. The Morgan fingerprint density at radius 3 is 2.35 bits per heavy atom. The molecule has 0 atom stereocenters. The normalized spacial score (nSPS) is 14.7. The molecule has 1 fully saturated rings. The molecule has 1 aromatic carbocycles. The third-order valence-corrected chi connectivity index (χ3v) is 5.17. The van der Waals surface area contributed by atoms with Gasteiger partial charge in [0, 0.05) is 11.5 Å². The summed E-state index contributed by atoms with van der Waals surface area (Å²) in [6, 6.07) is 4.34. The van der Waals surface area contributed by atoms with Crippen LogP contribution in [0.15, 0.2) is 16.6 Å². The molecule has 2 nitrogen and oxygen atoms in total. The highest BCUT2D eigenvalue weighted by Gasteiger charge is 2.29. The van der Waals surface area contributed by atoms with Crippen LogP contribution in [0.4, 0.5) is 0 Å². The van der Waals surface area contributed by atoms with E-state index in [0.717, 1.165) is 21.6 Å². The zero-order chi connectivity index (χ0) is 14.4. The van der Waals surface area contributed by atoms with Gasteiger partial charge in [0.25, 0.3) is 0 Å². The lowest BCUT2D eigenvalue weighted by molar-refractivity contribution is 0.978. The van der Waals surface area contributed by atoms with E-state index < -0.39 is 0 Å². The summed E-state index contributed by atoms with van der Waals surface area (Å²) in [5.74, 6) is 1.27. The minimum absolute atomic E-state index is 0.509. The van der Waals surface area contributed by atoms with Gasteiger partial charge in [0.2, 0.25) is 0 Å². The first-order chi connectivity index (χ1) is 9.47. The maximum absolute atomic E-state index is 6.27. The van der Waals surface area contributed by atoms with Crippen molar-refractivity contribution in [1.29, 1.82) is 0 Å². The molecule has 1 saturated carbocycles. The molecule has 0 amide bonds. The van der Waals surface area contributed by atoms with Gasteiger partial charge in [-0.2, -0.15) is 0 Å². The Labute approximate surface area is 132 Å². The number of benzene rings is 1. The van der Waals surface area contributed by atoms with Gasteiger partial charge in [-0.05, 0) is 72.3 Å². The molecule has 0 bridgehead atoms. The second kappa shape index (κ2) is 5.12. The molecule has 20 heavy (non-hydrogen) atoms. The Balaban J connectivity index is 2.17. The number of hydrogen-bond donors (Lipinski definition) is 0. The van der Waals surface area contributed by atoms with E-state index in [-0.39, 0.29) is 0 Å². The van der Waals surface area contributed by atoms with E-state index in [9.17, 15) is 0 Å². The third-order valence-electron chi connectivity index (χ3n) is 3.88. The Bertz CT molecular complexity index is 693. The molecule has 0 N–H and O–H groups in total. The number of aromatic nitrogens is 2. The topological polar surface area (TPSA) is 25.8 Å². The van der Waals surface area contributed by atoms with E-state index >= 15 is 0 Å². The number of aryl methyl sites for hydroxylation is 3. The van der Waals surface area contributed by atoms with Gasteiger partial charge in [0.05, 0.1) is 10.2 Å². The molecule has 0 unspecified atom stereocenters. The molecule has 3 rings (SSSR count). The quantitative estimate of drug-likeness (QED) is 0.680. The molecule has 4 heteroatoms. The molecule has 1 aliphatic carbocycles. The van der Waals surface area contributed by atoms with Gasteiger partial charge < -0.3 is 0 Å². The lowest BCUT2D eigenvalue weighted by Crippen LogP contribution is -1.99. The number of halogens is 2. The van der Waals surface area contributed by atoms with Crippen LogP contribution in [0.5, 0.6) is 0 Å². The summed E-state index contributed by atoms with van der Waals surface area (Å²) >= 11 is 9.78. The molecule has 1 heterocycles. The first-order valence-corrected chi connectivity index (χ1v) is 7.95. The van der Waals surface area contributed by atoms with Crippen LogP contribution < -0.4 is 0 Å². The summed E-state index contributed by atoms with van der Waals surface area (Å²) in [7, 11) is 0. The van der Waals surface area contributed by atoms with Gasteiger partial charge in [-0.15, -0.1) is 0 Å².